The molecule has 0 amide bonds. The highest BCUT2D eigenvalue weighted by Crippen LogP contribution is 2.31. The Morgan fingerprint density at radius 1 is 1.14 bits per heavy atom. The van der Waals surface area contributed by atoms with Gasteiger partial charge in [0.25, 0.3) is 0 Å². The predicted octanol–water partition coefficient (Wildman–Crippen LogP) is 4.86. The molecule has 0 unspecified atom stereocenters. The lowest BCUT2D eigenvalue weighted by Crippen LogP contribution is -2.21. The van der Waals surface area contributed by atoms with Crippen LogP contribution in [0.2, 0.25) is 0 Å². The highest BCUT2D eigenvalue weighted by molar-refractivity contribution is 9.10. The van der Waals surface area contributed by atoms with Crippen LogP contribution in [0.1, 0.15) is 25.3 Å². The molecule has 1 saturated carbocycles. The van der Waals surface area contributed by atoms with Crippen molar-refractivity contribution in [3.8, 4) is 0 Å². The zero-order valence-corrected chi connectivity index (χ0v) is 13.9. The lowest BCUT2D eigenvalue weighted by atomic mass is 10.1. The van der Waals surface area contributed by atoms with Gasteiger partial charge in [-0.15, -0.1) is 0 Å². The van der Waals surface area contributed by atoms with E-state index >= 15 is 0 Å². The maximum absolute atomic E-state index is 3.62. The Labute approximate surface area is 135 Å². The summed E-state index contributed by atoms with van der Waals surface area (Å²) in [5.74, 6) is 0. The Morgan fingerprint density at radius 3 is 2.57 bits per heavy atom. The molecule has 21 heavy (non-hydrogen) atoms. The lowest BCUT2D eigenvalue weighted by molar-refractivity contribution is 0.686. The van der Waals surface area contributed by atoms with E-state index in [-0.39, 0.29) is 0 Å². The molecule has 110 valence electrons. The molecule has 1 aliphatic carbocycles. The minimum Gasteiger partial charge on any atom is -0.342 e. The van der Waals surface area contributed by atoms with Gasteiger partial charge in [0.2, 0.25) is 0 Å². The Kier molecular flexibility index (Phi) is 4.61. The van der Waals surface area contributed by atoms with Crippen molar-refractivity contribution in [1.82, 2.24) is 5.32 Å². The highest BCUT2D eigenvalue weighted by Gasteiger charge is 2.21. The SMILES string of the molecule is CCN(c1ccccc1)c1ccc(Br)cc1CNC1CC1. The maximum atomic E-state index is 3.62. The summed E-state index contributed by atoms with van der Waals surface area (Å²) < 4.78 is 1.14. The van der Waals surface area contributed by atoms with Gasteiger partial charge >= 0.3 is 0 Å². The smallest absolute Gasteiger partial charge is 0.0457 e. The van der Waals surface area contributed by atoms with E-state index in [9.17, 15) is 0 Å². The molecule has 1 aliphatic rings. The van der Waals surface area contributed by atoms with Crippen LogP contribution in [0.4, 0.5) is 11.4 Å². The summed E-state index contributed by atoms with van der Waals surface area (Å²) in [6, 6.07) is 17.9. The lowest BCUT2D eigenvalue weighted by Gasteiger charge is -2.26. The van der Waals surface area contributed by atoms with Crippen molar-refractivity contribution in [2.45, 2.75) is 32.4 Å². The van der Waals surface area contributed by atoms with Gasteiger partial charge in [-0.05, 0) is 55.7 Å². The standard InChI is InChI=1S/C18H21BrN2/c1-2-21(17-6-4-3-5-7-17)18-11-8-15(19)12-14(18)13-20-16-9-10-16/h3-8,11-12,16,20H,2,9-10,13H2,1H3. The fraction of sp³-hybridized carbons (Fsp3) is 0.333. The fourth-order valence-corrected chi connectivity index (χ4v) is 3.01. The zero-order chi connectivity index (χ0) is 14.7. The molecule has 0 aromatic heterocycles. The second-order valence-corrected chi connectivity index (χ2v) is 6.42. The van der Waals surface area contributed by atoms with Crippen molar-refractivity contribution in [3.63, 3.8) is 0 Å². The minimum atomic E-state index is 0.726. The molecule has 0 bridgehead atoms. The quantitative estimate of drug-likeness (QED) is 0.804. The van der Waals surface area contributed by atoms with Crippen molar-refractivity contribution in [3.05, 3.63) is 58.6 Å². The third-order valence-corrected chi connectivity index (χ3v) is 4.37. The third-order valence-electron chi connectivity index (χ3n) is 3.87. The number of hydrogen-bond donors (Lipinski definition) is 1. The molecule has 2 aromatic carbocycles. The Hall–Kier alpha value is -1.32. The molecule has 0 aliphatic heterocycles. The van der Waals surface area contributed by atoms with E-state index in [1.54, 1.807) is 0 Å². The van der Waals surface area contributed by atoms with E-state index in [0.717, 1.165) is 23.6 Å². The van der Waals surface area contributed by atoms with Crippen LogP contribution in [0, 0.1) is 0 Å². The number of hydrogen-bond acceptors (Lipinski definition) is 2. The Balaban J connectivity index is 1.90. The van der Waals surface area contributed by atoms with Crippen LogP contribution < -0.4 is 10.2 Å². The summed E-state index contributed by atoms with van der Waals surface area (Å²) in [4.78, 5) is 2.37. The summed E-state index contributed by atoms with van der Waals surface area (Å²) in [7, 11) is 0. The van der Waals surface area contributed by atoms with Crippen molar-refractivity contribution in [1.29, 1.82) is 0 Å². The zero-order valence-electron chi connectivity index (χ0n) is 12.3. The van der Waals surface area contributed by atoms with E-state index in [1.807, 2.05) is 0 Å². The third kappa shape index (κ3) is 3.66. The van der Waals surface area contributed by atoms with Crippen LogP contribution in [0.25, 0.3) is 0 Å². The number of rotatable bonds is 6. The maximum Gasteiger partial charge on any atom is 0.0457 e. The molecule has 0 saturated heterocycles. The number of nitrogens with zero attached hydrogens (tertiary/aromatic N) is 1. The van der Waals surface area contributed by atoms with Gasteiger partial charge < -0.3 is 10.2 Å². The number of benzene rings is 2. The van der Waals surface area contributed by atoms with Gasteiger partial charge in [0.05, 0.1) is 0 Å². The summed E-state index contributed by atoms with van der Waals surface area (Å²) in [5, 5.41) is 3.62. The van der Waals surface area contributed by atoms with Crippen LogP contribution >= 0.6 is 15.9 Å². The largest absolute Gasteiger partial charge is 0.342 e. The van der Waals surface area contributed by atoms with E-state index in [2.05, 4.69) is 81.6 Å². The molecule has 1 N–H and O–H groups in total. The van der Waals surface area contributed by atoms with E-state index in [1.165, 1.54) is 29.8 Å². The molecule has 0 heterocycles. The first-order chi connectivity index (χ1) is 10.3. The van der Waals surface area contributed by atoms with Crippen molar-refractivity contribution in [2.75, 3.05) is 11.4 Å². The number of nitrogens with one attached hydrogen (secondary N) is 1. The van der Waals surface area contributed by atoms with Gasteiger partial charge in [0.1, 0.15) is 0 Å². The summed E-state index contributed by atoms with van der Waals surface area (Å²) >= 11 is 3.60. The summed E-state index contributed by atoms with van der Waals surface area (Å²) in [6.45, 7) is 4.10. The van der Waals surface area contributed by atoms with Gasteiger partial charge in [0.15, 0.2) is 0 Å². The average Bonchev–Trinajstić information content (AvgIpc) is 3.33. The number of halogens is 1. The molecule has 3 rings (SSSR count). The predicted molar refractivity (Wildman–Crippen MR) is 93.1 cm³/mol. The van der Waals surface area contributed by atoms with Gasteiger partial charge in [-0.2, -0.15) is 0 Å². The average molecular weight is 345 g/mol. The second-order valence-electron chi connectivity index (χ2n) is 5.51. The number of anilines is 2. The second kappa shape index (κ2) is 6.63. The Bertz CT molecular complexity index is 593. The fourth-order valence-electron chi connectivity index (χ4n) is 2.60. The molecular weight excluding hydrogens is 324 g/mol. The van der Waals surface area contributed by atoms with Crippen molar-refractivity contribution >= 4 is 27.3 Å². The molecule has 2 aromatic rings. The molecule has 3 heteroatoms. The van der Waals surface area contributed by atoms with Gasteiger partial charge in [-0.3, -0.25) is 0 Å². The van der Waals surface area contributed by atoms with Crippen LogP contribution in [0.5, 0.6) is 0 Å². The molecule has 0 atom stereocenters. The van der Waals surface area contributed by atoms with E-state index < -0.39 is 0 Å². The first-order valence-corrected chi connectivity index (χ1v) is 8.41. The van der Waals surface area contributed by atoms with E-state index in [4.69, 9.17) is 0 Å². The first kappa shape index (κ1) is 14.6. The highest BCUT2D eigenvalue weighted by atomic mass is 79.9. The first-order valence-electron chi connectivity index (χ1n) is 7.62. The van der Waals surface area contributed by atoms with Crippen LogP contribution in [-0.4, -0.2) is 12.6 Å². The van der Waals surface area contributed by atoms with Crippen LogP contribution in [0.15, 0.2) is 53.0 Å². The Morgan fingerprint density at radius 2 is 1.90 bits per heavy atom. The topological polar surface area (TPSA) is 15.3 Å². The van der Waals surface area contributed by atoms with Crippen molar-refractivity contribution < 1.29 is 0 Å². The molecular formula is C18H21BrN2. The number of para-hydroxylation sites is 1. The molecule has 2 nitrogen and oxygen atoms in total. The molecule has 1 fully saturated rings. The summed E-state index contributed by atoms with van der Waals surface area (Å²) in [6.07, 6.45) is 2.64. The minimum absolute atomic E-state index is 0.726. The molecule has 0 radical (unpaired) electrons. The summed E-state index contributed by atoms with van der Waals surface area (Å²) in [5.41, 5.74) is 3.89. The van der Waals surface area contributed by atoms with Gasteiger partial charge in [-0.25, -0.2) is 0 Å². The van der Waals surface area contributed by atoms with Crippen LogP contribution in [-0.2, 0) is 6.54 Å². The van der Waals surface area contributed by atoms with Crippen LogP contribution in [0.3, 0.4) is 0 Å². The van der Waals surface area contributed by atoms with Crippen molar-refractivity contribution in [2.24, 2.45) is 0 Å². The van der Waals surface area contributed by atoms with Gasteiger partial charge in [-0.1, -0.05) is 34.1 Å². The van der Waals surface area contributed by atoms with E-state index in [0.29, 0.717) is 0 Å². The monoisotopic (exact) mass is 344 g/mol. The molecule has 0 spiro atoms. The van der Waals surface area contributed by atoms with Gasteiger partial charge in [0, 0.05) is 35.0 Å². The normalized spacial score (nSPS) is 14.2.